The van der Waals surface area contributed by atoms with Gasteiger partial charge >= 0.3 is 11.8 Å². The molecule has 4 rings (SSSR count). The maximum absolute atomic E-state index is 12.9. The minimum atomic E-state index is -0.475. The van der Waals surface area contributed by atoms with Crippen molar-refractivity contribution in [3.05, 3.63) is 78.6 Å². The van der Waals surface area contributed by atoms with Crippen molar-refractivity contribution >= 4 is 45.5 Å². The van der Waals surface area contributed by atoms with E-state index in [4.69, 9.17) is 10.5 Å². The van der Waals surface area contributed by atoms with Crippen molar-refractivity contribution in [2.24, 2.45) is 19.2 Å². The van der Waals surface area contributed by atoms with Gasteiger partial charge in [-0.25, -0.2) is 13.9 Å². The van der Waals surface area contributed by atoms with Crippen molar-refractivity contribution < 1.29 is 14.1 Å². The highest BCUT2D eigenvalue weighted by atomic mass is 16.5. The second kappa shape index (κ2) is 9.66. The van der Waals surface area contributed by atoms with Crippen LogP contribution in [0.15, 0.2) is 77.9 Å². The highest BCUT2D eigenvalue weighted by molar-refractivity contribution is 6.42. The van der Waals surface area contributed by atoms with E-state index in [2.05, 4.69) is 10.4 Å². The molecule has 0 spiro atoms. The number of nitrogens with zero attached hydrogens (tertiary/aromatic N) is 4. The van der Waals surface area contributed by atoms with Crippen LogP contribution in [0.2, 0.25) is 0 Å². The Kier molecular flexibility index (Phi) is 6.49. The Hall–Kier alpha value is -4.33. The lowest BCUT2D eigenvalue weighted by Crippen LogP contribution is -2.40. The fraction of sp³-hybridized carbons (Fsp3) is 0.192. The number of aromatic nitrogens is 2. The third-order valence-electron chi connectivity index (χ3n) is 5.61. The Morgan fingerprint density at radius 2 is 1.68 bits per heavy atom. The topological polar surface area (TPSA) is 88.8 Å². The molecule has 8 heteroatoms. The van der Waals surface area contributed by atoms with Gasteiger partial charge in [-0.3, -0.25) is 5.01 Å². The van der Waals surface area contributed by atoms with Crippen LogP contribution >= 0.6 is 0 Å². The summed E-state index contributed by atoms with van der Waals surface area (Å²) in [6, 6.07) is 23.3. The summed E-state index contributed by atoms with van der Waals surface area (Å²) in [5, 5.41) is 9.69. The van der Waals surface area contributed by atoms with Gasteiger partial charge < -0.3 is 15.8 Å². The molecule has 0 unspecified atom stereocenters. The molecule has 34 heavy (non-hydrogen) atoms. The molecule has 0 amide bonds. The Morgan fingerprint density at radius 1 is 1.06 bits per heavy atom. The van der Waals surface area contributed by atoms with Gasteiger partial charge in [-0.15, -0.1) is 0 Å². The van der Waals surface area contributed by atoms with Crippen LogP contribution in [-0.2, 0) is 23.6 Å². The SMILES string of the molecule is CCOC(=O)/C(=N\N(C)c1ccc(Nc2ccc(N)cc2)cc1)c1n(C)c2ccccc2[n+]1C. The Labute approximate surface area is 198 Å². The molecule has 4 aromatic rings. The fourth-order valence-electron chi connectivity index (χ4n) is 3.88. The van der Waals surface area contributed by atoms with Crippen molar-refractivity contribution in [3.8, 4) is 0 Å². The summed E-state index contributed by atoms with van der Waals surface area (Å²) < 4.78 is 9.27. The van der Waals surface area contributed by atoms with Crippen molar-refractivity contribution in [3.63, 3.8) is 0 Å². The Balaban J connectivity index is 1.66. The van der Waals surface area contributed by atoms with Crippen molar-refractivity contribution in [1.29, 1.82) is 0 Å². The van der Waals surface area contributed by atoms with Crippen molar-refractivity contribution in [2.75, 3.05) is 29.7 Å². The van der Waals surface area contributed by atoms with Crippen LogP contribution in [0.1, 0.15) is 12.7 Å². The summed E-state index contributed by atoms with van der Waals surface area (Å²) in [7, 11) is 5.65. The number of ether oxygens (including phenoxy) is 1. The van der Waals surface area contributed by atoms with Crippen LogP contribution in [0.4, 0.5) is 22.7 Å². The molecule has 3 N–H and O–H groups in total. The number of imidazole rings is 1. The summed E-state index contributed by atoms with van der Waals surface area (Å²) in [4.78, 5) is 12.9. The third-order valence-corrected chi connectivity index (χ3v) is 5.61. The van der Waals surface area contributed by atoms with Gasteiger partial charge in [0.05, 0.1) is 26.4 Å². The van der Waals surface area contributed by atoms with Gasteiger partial charge in [0.2, 0.25) is 0 Å². The van der Waals surface area contributed by atoms with Crippen LogP contribution in [-0.4, -0.2) is 29.9 Å². The molecule has 0 bridgehead atoms. The van der Waals surface area contributed by atoms with Crippen molar-refractivity contribution in [1.82, 2.24) is 4.57 Å². The highest BCUT2D eigenvalue weighted by Gasteiger charge is 2.31. The molecular weight excluding hydrogens is 428 g/mol. The number of carbonyl (C=O) groups is 1. The van der Waals surface area contributed by atoms with E-state index in [0.717, 1.165) is 33.8 Å². The summed E-state index contributed by atoms with van der Waals surface area (Å²) in [5.41, 5.74) is 11.4. The smallest absolute Gasteiger partial charge is 0.367 e. The number of aryl methyl sites for hydroxylation is 2. The second-order valence-electron chi connectivity index (χ2n) is 7.92. The number of esters is 1. The van der Waals surface area contributed by atoms with Gasteiger partial charge in [-0.1, -0.05) is 12.1 Å². The van der Waals surface area contributed by atoms with Crippen LogP contribution in [0.25, 0.3) is 11.0 Å². The van der Waals surface area contributed by atoms with Crippen molar-refractivity contribution in [2.45, 2.75) is 6.92 Å². The molecule has 0 aliphatic rings. The number of nitrogens with two attached hydrogens (primary N) is 1. The molecule has 0 aliphatic carbocycles. The number of benzene rings is 3. The van der Waals surface area contributed by atoms with E-state index in [1.807, 2.05) is 103 Å². The van der Waals surface area contributed by atoms with E-state index in [1.165, 1.54) is 0 Å². The molecule has 1 aromatic heterocycles. The van der Waals surface area contributed by atoms with Gasteiger partial charge in [0.25, 0.3) is 5.71 Å². The maximum Gasteiger partial charge on any atom is 0.367 e. The summed E-state index contributed by atoms with van der Waals surface area (Å²) in [5.74, 6) is 0.186. The van der Waals surface area contributed by atoms with Gasteiger partial charge in [-0.2, -0.15) is 5.10 Å². The van der Waals surface area contributed by atoms with Crippen LogP contribution < -0.4 is 20.6 Å². The summed E-state index contributed by atoms with van der Waals surface area (Å²) in [6.07, 6.45) is 0. The van der Waals surface area contributed by atoms with Gasteiger partial charge in [0, 0.05) is 24.1 Å². The standard InChI is InChI=1S/C26H28N6O2/c1-5-34-26(33)24(25-30(2)22-8-6-7-9-23(22)31(25)3)29-32(4)21-16-14-20(15-17-21)28-19-12-10-18(27)11-13-19/h6-17,27,29H,5H2,1-4H3/p+1. The quantitative estimate of drug-likeness (QED) is 0.145. The van der Waals surface area contributed by atoms with E-state index in [1.54, 1.807) is 11.9 Å². The van der Waals surface area contributed by atoms with Crippen LogP contribution in [0.3, 0.4) is 0 Å². The first-order valence-corrected chi connectivity index (χ1v) is 11.0. The Morgan fingerprint density at radius 3 is 2.29 bits per heavy atom. The zero-order valence-corrected chi connectivity index (χ0v) is 19.8. The minimum Gasteiger partial charge on any atom is -0.461 e. The van der Waals surface area contributed by atoms with E-state index in [0.29, 0.717) is 5.82 Å². The molecule has 0 atom stereocenters. The van der Waals surface area contributed by atoms with E-state index in [-0.39, 0.29) is 12.3 Å². The first-order valence-electron chi connectivity index (χ1n) is 11.0. The first-order chi connectivity index (χ1) is 16.4. The minimum absolute atomic E-state index is 0.231. The van der Waals surface area contributed by atoms with Gasteiger partial charge in [-0.05, 0) is 67.6 Å². The molecule has 3 aromatic carbocycles. The molecular formula is C26H29N6O2+. The Bertz CT molecular complexity index is 1300. The van der Waals surface area contributed by atoms with E-state index >= 15 is 0 Å². The lowest BCUT2D eigenvalue weighted by Gasteiger charge is -2.15. The van der Waals surface area contributed by atoms with Crippen LogP contribution in [0.5, 0.6) is 0 Å². The summed E-state index contributed by atoms with van der Waals surface area (Å²) in [6.45, 7) is 2.05. The number of fused-ring (bicyclic) bond motifs is 1. The number of para-hydroxylation sites is 2. The van der Waals surface area contributed by atoms with Gasteiger partial charge in [0.15, 0.2) is 11.0 Å². The maximum atomic E-state index is 12.9. The van der Waals surface area contributed by atoms with E-state index in [9.17, 15) is 4.79 Å². The zero-order valence-electron chi connectivity index (χ0n) is 19.8. The first kappa shape index (κ1) is 22.8. The summed E-state index contributed by atoms with van der Waals surface area (Å²) >= 11 is 0. The fourth-order valence-corrected chi connectivity index (χ4v) is 3.88. The molecule has 1 heterocycles. The number of nitrogens with one attached hydrogen (secondary N) is 1. The third kappa shape index (κ3) is 4.56. The lowest BCUT2D eigenvalue weighted by molar-refractivity contribution is -0.646. The second-order valence-corrected chi connectivity index (χ2v) is 7.92. The molecule has 0 saturated heterocycles. The highest BCUT2D eigenvalue weighted by Crippen LogP contribution is 2.22. The number of hydrogen-bond donors (Lipinski definition) is 2. The van der Waals surface area contributed by atoms with Crippen LogP contribution in [0, 0.1) is 0 Å². The largest absolute Gasteiger partial charge is 0.461 e. The number of hydrogen-bond acceptors (Lipinski definition) is 6. The molecule has 0 fully saturated rings. The molecule has 0 aliphatic heterocycles. The predicted molar refractivity (Wildman–Crippen MR) is 136 cm³/mol. The number of hydrazone groups is 1. The van der Waals surface area contributed by atoms with Gasteiger partial charge in [0.1, 0.15) is 0 Å². The normalized spacial score (nSPS) is 11.5. The number of anilines is 4. The number of carbonyl (C=O) groups excluding carboxylic acids is 1. The molecule has 0 saturated carbocycles. The number of rotatable bonds is 7. The molecule has 174 valence electrons. The average Bonchev–Trinajstić information content (AvgIpc) is 3.09. The molecule has 8 nitrogen and oxygen atoms in total. The average molecular weight is 458 g/mol. The number of nitrogen functional groups attached to an aromatic ring is 1. The van der Waals surface area contributed by atoms with E-state index < -0.39 is 5.97 Å². The molecule has 0 radical (unpaired) electrons. The zero-order chi connectivity index (χ0) is 24.2. The monoisotopic (exact) mass is 457 g/mol. The lowest BCUT2D eigenvalue weighted by atomic mass is 10.2. The predicted octanol–water partition coefficient (Wildman–Crippen LogP) is 3.73.